The minimum Gasteiger partial charge on any atom is -0.237 e. The van der Waals surface area contributed by atoms with Gasteiger partial charge < -0.3 is 0 Å². The first kappa shape index (κ1) is 25.2. The molecule has 0 saturated heterocycles. The minimum atomic E-state index is 0.742. The van der Waals surface area contributed by atoms with Gasteiger partial charge >= 0.3 is 0 Å². The van der Waals surface area contributed by atoms with Crippen LogP contribution in [-0.2, 0) is 0 Å². The van der Waals surface area contributed by atoms with Gasteiger partial charge in [0, 0.05) is 18.0 Å². The second-order valence-electron chi connectivity index (χ2n) is 12.2. The molecule has 1 aromatic heterocycles. The molecule has 0 radical (unpaired) electrons. The van der Waals surface area contributed by atoms with E-state index in [4.69, 9.17) is 0 Å². The maximum Gasteiger partial charge on any atom is 0.159 e. The third-order valence-electron chi connectivity index (χ3n) is 9.66. The molecule has 0 fully saturated rings. The molecule has 0 atom stereocenters. The molecule has 0 bridgehead atoms. The normalized spacial score (nSPS) is 11.9. The maximum atomic E-state index is 4.46. The van der Waals surface area contributed by atoms with E-state index in [2.05, 4.69) is 149 Å². The predicted molar refractivity (Wildman–Crippen MR) is 193 cm³/mol. The standard InChI is InChI=1S/C44H26N2/c1-2-9-28-25-40-39(24-27(28)8-1)38-19-18-37(42-36-14-4-3-10-32(36)26-41(40)43(38)42)31-12-5-11-29(22-31)34-15-6-13-30-23-33(16-17-35(30)34)44-45-20-7-21-46-44/h1-26H. The largest absolute Gasteiger partial charge is 0.237 e. The Bertz CT molecular complexity index is 2690. The van der Waals surface area contributed by atoms with E-state index in [9.17, 15) is 0 Å². The number of benzene rings is 8. The molecule has 0 unspecified atom stereocenters. The Morgan fingerprint density at radius 3 is 1.76 bits per heavy atom. The Morgan fingerprint density at radius 2 is 0.935 bits per heavy atom. The molecule has 8 aromatic carbocycles. The number of nitrogens with zero attached hydrogens (tertiary/aromatic N) is 2. The average Bonchev–Trinajstić information content (AvgIpc) is 3.43. The van der Waals surface area contributed by atoms with Crippen molar-refractivity contribution in [3.63, 3.8) is 0 Å². The first-order valence-corrected chi connectivity index (χ1v) is 15.7. The van der Waals surface area contributed by atoms with Crippen LogP contribution < -0.4 is 0 Å². The van der Waals surface area contributed by atoms with E-state index in [-0.39, 0.29) is 0 Å². The summed E-state index contributed by atoms with van der Waals surface area (Å²) in [5.41, 5.74) is 11.2. The van der Waals surface area contributed by atoms with Crippen molar-refractivity contribution >= 4 is 43.1 Å². The van der Waals surface area contributed by atoms with E-state index in [0.29, 0.717) is 0 Å². The zero-order valence-electron chi connectivity index (χ0n) is 24.9. The van der Waals surface area contributed by atoms with Crippen LogP contribution in [-0.4, -0.2) is 9.97 Å². The van der Waals surface area contributed by atoms with Crippen LogP contribution in [0.25, 0.3) is 99.0 Å². The van der Waals surface area contributed by atoms with Gasteiger partial charge in [-0.15, -0.1) is 0 Å². The van der Waals surface area contributed by atoms with Gasteiger partial charge in [0.2, 0.25) is 0 Å². The third-order valence-corrected chi connectivity index (χ3v) is 9.66. The van der Waals surface area contributed by atoms with E-state index in [0.717, 1.165) is 11.4 Å². The SMILES string of the molecule is c1cnc(-c2ccc3c(-c4cccc(-c5ccc6c7c(cc8ccccc8c57)-c5cc7ccccc7cc5-6)c4)cccc3c2)nc1. The zero-order valence-corrected chi connectivity index (χ0v) is 24.9. The molecule has 10 rings (SSSR count). The molecule has 212 valence electrons. The molecule has 1 aliphatic carbocycles. The monoisotopic (exact) mass is 582 g/mol. The van der Waals surface area contributed by atoms with Crippen molar-refractivity contribution < 1.29 is 0 Å². The van der Waals surface area contributed by atoms with Crippen molar-refractivity contribution in [1.82, 2.24) is 9.97 Å². The van der Waals surface area contributed by atoms with Crippen molar-refractivity contribution in [1.29, 1.82) is 0 Å². The quantitative estimate of drug-likeness (QED) is 0.194. The summed E-state index contributed by atoms with van der Waals surface area (Å²) in [5, 5.41) is 10.2. The van der Waals surface area contributed by atoms with Crippen LogP contribution in [0.3, 0.4) is 0 Å². The van der Waals surface area contributed by atoms with Crippen molar-refractivity contribution in [2.24, 2.45) is 0 Å². The summed E-state index contributed by atoms with van der Waals surface area (Å²) in [7, 11) is 0. The molecule has 1 aliphatic rings. The Balaban J connectivity index is 1.18. The first-order valence-electron chi connectivity index (χ1n) is 15.7. The molecule has 2 heteroatoms. The highest BCUT2D eigenvalue weighted by molar-refractivity contribution is 6.28. The van der Waals surface area contributed by atoms with E-state index in [1.54, 1.807) is 12.4 Å². The maximum absolute atomic E-state index is 4.46. The average molecular weight is 583 g/mol. The zero-order chi connectivity index (χ0) is 30.2. The van der Waals surface area contributed by atoms with Gasteiger partial charge in [-0.2, -0.15) is 0 Å². The summed E-state index contributed by atoms with van der Waals surface area (Å²) in [6, 6.07) is 53.3. The summed E-state index contributed by atoms with van der Waals surface area (Å²) in [6.45, 7) is 0. The highest BCUT2D eigenvalue weighted by Gasteiger charge is 2.25. The van der Waals surface area contributed by atoms with Crippen LogP contribution in [0.1, 0.15) is 0 Å². The lowest BCUT2D eigenvalue weighted by molar-refractivity contribution is 1.18. The van der Waals surface area contributed by atoms with Gasteiger partial charge in [0.25, 0.3) is 0 Å². The van der Waals surface area contributed by atoms with Crippen molar-refractivity contribution in [2.45, 2.75) is 0 Å². The molecule has 46 heavy (non-hydrogen) atoms. The molecule has 0 amide bonds. The molecule has 0 saturated carbocycles. The van der Waals surface area contributed by atoms with Crippen LogP contribution in [0.4, 0.5) is 0 Å². The second kappa shape index (κ2) is 9.69. The molecular weight excluding hydrogens is 556 g/mol. The van der Waals surface area contributed by atoms with Crippen LogP contribution in [0.5, 0.6) is 0 Å². The summed E-state index contributed by atoms with van der Waals surface area (Å²) in [5.74, 6) is 0.742. The highest BCUT2D eigenvalue weighted by Crippen LogP contribution is 2.52. The molecule has 0 spiro atoms. The summed E-state index contributed by atoms with van der Waals surface area (Å²) in [4.78, 5) is 8.92. The molecule has 2 nitrogen and oxygen atoms in total. The molecule has 0 N–H and O–H groups in total. The van der Waals surface area contributed by atoms with Gasteiger partial charge in [-0.3, -0.25) is 0 Å². The van der Waals surface area contributed by atoms with Gasteiger partial charge in [0.05, 0.1) is 0 Å². The second-order valence-corrected chi connectivity index (χ2v) is 12.2. The number of hydrogen-bond acceptors (Lipinski definition) is 2. The smallest absolute Gasteiger partial charge is 0.159 e. The molecule has 9 aromatic rings. The Labute approximate surface area is 266 Å². The van der Waals surface area contributed by atoms with E-state index >= 15 is 0 Å². The minimum absolute atomic E-state index is 0.742. The van der Waals surface area contributed by atoms with E-state index < -0.39 is 0 Å². The molecule has 0 aliphatic heterocycles. The fourth-order valence-corrected chi connectivity index (χ4v) is 7.58. The van der Waals surface area contributed by atoms with Crippen LogP contribution in [0.15, 0.2) is 158 Å². The Hall–Kier alpha value is -6.12. The predicted octanol–water partition coefficient (Wildman–Crippen LogP) is 11.7. The number of fused-ring (bicyclic) bond motifs is 7. The number of aromatic nitrogens is 2. The lowest BCUT2D eigenvalue weighted by Crippen LogP contribution is -1.89. The van der Waals surface area contributed by atoms with Crippen LogP contribution in [0, 0.1) is 0 Å². The fraction of sp³-hybridized carbons (Fsp3) is 0. The van der Waals surface area contributed by atoms with Gasteiger partial charge in [0.15, 0.2) is 5.82 Å². The highest BCUT2D eigenvalue weighted by atomic mass is 14.8. The summed E-state index contributed by atoms with van der Waals surface area (Å²) >= 11 is 0. The molecule has 1 heterocycles. The number of rotatable bonds is 3. The van der Waals surface area contributed by atoms with Crippen molar-refractivity contribution in [3.05, 3.63) is 158 Å². The fourth-order valence-electron chi connectivity index (χ4n) is 7.58. The van der Waals surface area contributed by atoms with Crippen molar-refractivity contribution in [2.75, 3.05) is 0 Å². The topological polar surface area (TPSA) is 25.8 Å². The Morgan fingerprint density at radius 1 is 0.304 bits per heavy atom. The lowest BCUT2D eigenvalue weighted by Gasteiger charge is -2.15. The third kappa shape index (κ3) is 3.71. The van der Waals surface area contributed by atoms with Crippen LogP contribution >= 0.6 is 0 Å². The van der Waals surface area contributed by atoms with Gasteiger partial charge in [-0.25, -0.2) is 9.97 Å². The van der Waals surface area contributed by atoms with Gasteiger partial charge in [-0.1, -0.05) is 109 Å². The summed E-state index contributed by atoms with van der Waals surface area (Å²) in [6.07, 6.45) is 3.58. The number of hydrogen-bond donors (Lipinski definition) is 0. The summed E-state index contributed by atoms with van der Waals surface area (Å²) < 4.78 is 0. The first-order chi connectivity index (χ1) is 22.8. The van der Waals surface area contributed by atoms with Gasteiger partial charge in [0.1, 0.15) is 0 Å². The van der Waals surface area contributed by atoms with Gasteiger partial charge in [-0.05, 0) is 124 Å². The molecular formula is C44H26N2. The van der Waals surface area contributed by atoms with E-state index in [1.807, 2.05) is 6.07 Å². The lowest BCUT2D eigenvalue weighted by atomic mass is 9.89. The van der Waals surface area contributed by atoms with E-state index in [1.165, 1.54) is 87.6 Å². The van der Waals surface area contributed by atoms with Crippen LogP contribution in [0.2, 0.25) is 0 Å². The van der Waals surface area contributed by atoms with Crippen molar-refractivity contribution in [3.8, 4) is 55.9 Å². The Kier molecular flexibility index (Phi) is 5.31.